The van der Waals surface area contributed by atoms with Crippen LogP contribution in [0.25, 0.3) is 11.0 Å². The normalized spacial score (nSPS) is 25.0. The van der Waals surface area contributed by atoms with Crippen LogP contribution in [0.5, 0.6) is 0 Å². The van der Waals surface area contributed by atoms with Crippen molar-refractivity contribution in [3.8, 4) is 0 Å². The van der Waals surface area contributed by atoms with E-state index in [9.17, 15) is 4.39 Å². The van der Waals surface area contributed by atoms with Crippen LogP contribution in [0.1, 0.15) is 31.6 Å². The highest BCUT2D eigenvalue weighted by Gasteiger charge is 2.32. The van der Waals surface area contributed by atoms with Crippen LogP contribution in [0.4, 0.5) is 4.39 Å². The Kier molecular flexibility index (Phi) is 3.26. The van der Waals surface area contributed by atoms with E-state index in [4.69, 9.17) is 15.0 Å². The highest BCUT2D eigenvalue weighted by atomic mass is 19.1. The highest BCUT2D eigenvalue weighted by Crippen LogP contribution is 2.32. The first-order chi connectivity index (χ1) is 9.17. The zero-order valence-corrected chi connectivity index (χ0v) is 10.7. The molecule has 1 aliphatic rings. The first-order valence-electron chi connectivity index (χ1n) is 6.48. The topological polar surface area (TPSA) is 60.4 Å². The number of rotatable bonds is 3. The molecule has 0 bridgehead atoms. The zero-order chi connectivity index (χ0) is 13.4. The number of fused-ring (bicyclic) bond motifs is 1. The molecular weight excluding hydrogens is 247 g/mol. The van der Waals surface area contributed by atoms with E-state index in [0.717, 1.165) is 18.2 Å². The monoisotopic (exact) mass is 264 g/mol. The summed E-state index contributed by atoms with van der Waals surface area (Å²) in [5.41, 5.74) is 3.40. The summed E-state index contributed by atoms with van der Waals surface area (Å²) in [6.45, 7) is 2.04. The Morgan fingerprint density at radius 3 is 2.89 bits per heavy atom. The number of halogens is 1. The molecule has 0 aliphatic carbocycles. The van der Waals surface area contributed by atoms with Gasteiger partial charge in [-0.15, -0.1) is 0 Å². The second-order valence-electron chi connectivity index (χ2n) is 5.04. The quantitative estimate of drug-likeness (QED) is 0.661. The zero-order valence-electron chi connectivity index (χ0n) is 10.7. The van der Waals surface area contributed by atoms with Crippen LogP contribution in [-0.2, 0) is 4.74 Å². The van der Waals surface area contributed by atoms with Crippen molar-refractivity contribution in [1.82, 2.24) is 5.43 Å². The van der Waals surface area contributed by atoms with E-state index in [-0.39, 0.29) is 24.1 Å². The predicted molar refractivity (Wildman–Crippen MR) is 69.8 cm³/mol. The molecule has 1 aliphatic heterocycles. The molecule has 4 nitrogen and oxygen atoms in total. The Morgan fingerprint density at radius 1 is 1.37 bits per heavy atom. The van der Waals surface area contributed by atoms with Crippen molar-refractivity contribution >= 4 is 11.0 Å². The Balaban J connectivity index is 1.92. The lowest BCUT2D eigenvalue weighted by atomic mass is 10.1. The number of hydrazine groups is 1. The van der Waals surface area contributed by atoms with E-state index in [0.29, 0.717) is 11.3 Å². The summed E-state index contributed by atoms with van der Waals surface area (Å²) < 4.78 is 24.7. The van der Waals surface area contributed by atoms with Crippen LogP contribution < -0.4 is 11.3 Å². The van der Waals surface area contributed by atoms with Crippen molar-refractivity contribution in [3.63, 3.8) is 0 Å². The molecule has 1 aromatic heterocycles. The number of hydrogen-bond donors (Lipinski definition) is 2. The van der Waals surface area contributed by atoms with Crippen molar-refractivity contribution in [3.05, 3.63) is 35.8 Å². The van der Waals surface area contributed by atoms with E-state index < -0.39 is 0 Å². The van der Waals surface area contributed by atoms with Gasteiger partial charge in [-0.2, -0.15) is 0 Å². The molecule has 3 N–H and O–H groups in total. The number of nitrogens with two attached hydrogens (primary N) is 1. The van der Waals surface area contributed by atoms with Crippen molar-refractivity contribution in [1.29, 1.82) is 0 Å². The van der Waals surface area contributed by atoms with Crippen LogP contribution in [0.15, 0.2) is 28.7 Å². The molecular formula is C14H17FN2O2. The second-order valence-corrected chi connectivity index (χ2v) is 5.04. The molecule has 1 saturated heterocycles. The Labute approximate surface area is 110 Å². The van der Waals surface area contributed by atoms with Gasteiger partial charge in [0.25, 0.3) is 0 Å². The molecule has 102 valence electrons. The van der Waals surface area contributed by atoms with E-state index in [1.807, 2.05) is 13.0 Å². The summed E-state index contributed by atoms with van der Waals surface area (Å²) >= 11 is 0. The van der Waals surface area contributed by atoms with Gasteiger partial charge >= 0.3 is 0 Å². The second kappa shape index (κ2) is 4.92. The van der Waals surface area contributed by atoms with Gasteiger partial charge < -0.3 is 9.15 Å². The largest absolute Gasteiger partial charge is 0.459 e. The third-order valence-electron chi connectivity index (χ3n) is 3.62. The summed E-state index contributed by atoms with van der Waals surface area (Å²) in [5.74, 6) is 6.03. The summed E-state index contributed by atoms with van der Waals surface area (Å²) in [7, 11) is 0. The lowest BCUT2D eigenvalue weighted by molar-refractivity contribution is 0.0271. The molecule has 3 atom stereocenters. The van der Waals surface area contributed by atoms with Crippen LogP contribution in [-0.4, -0.2) is 12.2 Å². The molecule has 2 heterocycles. The molecule has 1 fully saturated rings. The van der Waals surface area contributed by atoms with Gasteiger partial charge in [-0.25, -0.2) is 9.82 Å². The average molecular weight is 264 g/mol. The average Bonchev–Trinajstić information content (AvgIpc) is 2.96. The van der Waals surface area contributed by atoms with Crippen LogP contribution in [0.2, 0.25) is 0 Å². The summed E-state index contributed by atoms with van der Waals surface area (Å²) in [6.07, 6.45) is 2.17. The molecule has 0 amide bonds. The maximum absolute atomic E-state index is 13.2. The van der Waals surface area contributed by atoms with Crippen LogP contribution >= 0.6 is 0 Å². The number of furan rings is 1. The molecule has 1 aromatic carbocycles. The number of benzene rings is 1. The van der Waals surface area contributed by atoms with Gasteiger partial charge in [0.15, 0.2) is 0 Å². The lowest BCUT2D eigenvalue weighted by Crippen LogP contribution is -2.36. The Morgan fingerprint density at radius 2 is 2.21 bits per heavy atom. The maximum atomic E-state index is 13.2. The minimum Gasteiger partial charge on any atom is -0.459 e. The molecule has 0 spiro atoms. The number of hydrogen-bond acceptors (Lipinski definition) is 4. The number of ether oxygens (including phenoxy) is 1. The molecule has 5 heteroatoms. The first kappa shape index (κ1) is 12.6. The fourth-order valence-electron chi connectivity index (χ4n) is 2.64. The van der Waals surface area contributed by atoms with Gasteiger partial charge in [0.1, 0.15) is 23.2 Å². The molecule has 3 rings (SSSR count). The van der Waals surface area contributed by atoms with Gasteiger partial charge in [-0.3, -0.25) is 5.84 Å². The fraction of sp³-hybridized carbons (Fsp3) is 0.429. The first-order valence-corrected chi connectivity index (χ1v) is 6.48. The summed E-state index contributed by atoms with van der Waals surface area (Å²) in [6, 6.07) is 6.07. The maximum Gasteiger partial charge on any atom is 0.134 e. The van der Waals surface area contributed by atoms with Gasteiger partial charge in [0.05, 0.1) is 12.2 Å². The third-order valence-corrected chi connectivity index (χ3v) is 3.62. The van der Waals surface area contributed by atoms with Gasteiger partial charge in [0, 0.05) is 5.39 Å². The van der Waals surface area contributed by atoms with E-state index in [1.165, 1.54) is 12.1 Å². The van der Waals surface area contributed by atoms with E-state index in [1.54, 1.807) is 6.07 Å². The Bertz CT molecular complexity index is 584. The van der Waals surface area contributed by atoms with Crippen LogP contribution in [0, 0.1) is 5.82 Å². The minimum absolute atomic E-state index is 0.00888. The van der Waals surface area contributed by atoms with Gasteiger partial charge in [-0.05, 0) is 44.0 Å². The van der Waals surface area contributed by atoms with Gasteiger partial charge in [-0.1, -0.05) is 0 Å². The summed E-state index contributed by atoms with van der Waals surface area (Å²) in [5, 5.41) is 0.737. The molecule has 0 saturated carbocycles. The molecule has 2 aromatic rings. The Hall–Kier alpha value is -1.43. The lowest BCUT2D eigenvalue weighted by Gasteiger charge is -2.20. The molecule has 19 heavy (non-hydrogen) atoms. The van der Waals surface area contributed by atoms with Gasteiger partial charge in [0.2, 0.25) is 0 Å². The van der Waals surface area contributed by atoms with E-state index in [2.05, 4.69) is 5.43 Å². The van der Waals surface area contributed by atoms with Crippen LogP contribution in [0.3, 0.4) is 0 Å². The van der Waals surface area contributed by atoms with Crippen molar-refractivity contribution in [2.45, 2.75) is 38.0 Å². The third kappa shape index (κ3) is 2.36. The molecule has 0 radical (unpaired) electrons. The standard InChI is InChI=1S/C14H17FN2O2/c1-8-2-4-12(18-8)14(17-16)13-7-9-6-10(15)3-5-11(9)19-13/h3,5-8,12,14,17H,2,4,16H2,1H3. The highest BCUT2D eigenvalue weighted by molar-refractivity contribution is 5.78. The predicted octanol–water partition coefficient (Wildman–Crippen LogP) is 2.64. The summed E-state index contributed by atoms with van der Waals surface area (Å²) in [4.78, 5) is 0. The number of nitrogens with one attached hydrogen (secondary N) is 1. The smallest absolute Gasteiger partial charge is 0.134 e. The van der Waals surface area contributed by atoms with Crippen molar-refractivity contribution < 1.29 is 13.5 Å². The SMILES string of the molecule is CC1CCC(C(NN)c2cc3cc(F)ccc3o2)O1. The molecule has 3 unspecified atom stereocenters. The van der Waals surface area contributed by atoms with Crippen molar-refractivity contribution in [2.75, 3.05) is 0 Å². The fourth-order valence-corrected chi connectivity index (χ4v) is 2.64. The minimum atomic E-state index is -0.275. The van der Waals surface area contributed by atoms with Crippen molar-refractivity contribution in [2.24, 2.45) is 5.84 Å². The van der Waals surface area contributed by atoms with E-state index >= 15 is 0 Å².